The number of benzene rings is 2. The summed E-state index contributed by atoms with van der Waals surface area (Å²) in [5.41, 5.74) is 5.48. The molecule has 0 aromatic heterocycles. The number of rotatable bonds is 5. The van der Waals surface area contributed by atoms with Crippen molar-refractivity contribution in [2.45, 2.75) is 27.2 Å². The van der Waals surface area contributed by atoms with Gasteiger partial charge in [-0.15, -0.1) is 0 Å². The molecule has 0 fully saturated rings. The Hall–Kier alpha value is -2.29. The van der Waals surface area contributed by atoms with Crippen LogP contribution >= 0.6 is 0 Å². The van der Waals surface area contributed by atoms with Crippen molar-refractivity contribution >= 4 is 17.3 Å². The van der Waals surface area contributed by atoms with E-state index in [0.29, 0.717) is 13.0 Å². The van der Waals surface area contributed by atoms with E-state index >= 15 is 0 Å². The minimum atomic E-state index is 0.0322. The van der Waals surface area contributed by atoms with E-state index in [9.17, 15) is 4.79 Å². The highest BCUT2D eigenvalue weighted by Gasteiger charge is 2.06. The first kappa shape index (κ1) is 15.1. The maximum atomic E-state index is 12.0. The third-order valence-electron chi connectivity index (χ3n) is 3.69. The van der Waals surface area contributed by atoms with Gasteiger partial charge in [0, 0.05) is 24.3 Å². The highest BCUT2D eigenvalue weighted by atomic mass is 16.1. The van der Waals surface area contributed by atoms with E-state index < -0.39 is 0 Å². The van der Waals surface area contributed by atoms with Crippen molar-refractivity contribution < 1.29 is 4.79 Å². The molecule has 0 spiro atoms. The van der Waals surface area contributed by atoms with Crippen LogP contribution in [0.2, 0.25) is 0 Å². The standard InChI is InChI=1S/C18H22N2O/c1-13-8-6-10-17(15(13)3)20-18(21)11-12-19-16-9-5-4-7-14(16)2/h4-10,19H,11-12H2,1-3H3,(H,20,21). The van der Waals surface area contributed by atoms with E-state index in [1.54, 1.807) is 0 Å². The largest absolute Gasteiger partial charge is 0.384 e. The first-order chi connectivity index (χ1) is 10.1. The first-order valence-corrected chi connectivity index (χ1v) is 7.23. The number of anilines is 2. The van der Waals surface area contributed by atoms with Crippen LogP contribution in [0.4, 0.5) is 11.4 Å². The Kier molecular flexibility index (Phi) is 4.99. The second-order valence-corrected chi connectivity index (χ2v) is 5.29. The van der Waals surface area contributed by atoms with Crippen molar-refractivity contribution in [2.24, 2.45) is 0 Å². The van der Waals surface area contributed by atoms with Gasteiger partial charge in [0.2, 0.25) is 5.91 Å². The molecule has 3 nitrogen and oxygen atoms in total. The predicted octanol–water partition coefficient (Wildman–Crippen LogP) is 4.05. The van der Waals surface area contributed by atoms with Crippen LogP contribution < -0.4 is 10.6 Å². The minimum absolute atomic E-state index is 0.0322. The Morgan fingerprint density at radius 2 is 1.57 bits per heavy atom. The molecule has 0 bridgehead atoms. The maximum Gasteiger partial charge on any atom is 0.226 e. The molecule has 1 amide bonds. The van der Waals surface area contributed by atoms with Crippen LogP contribution in [0.1, 0.15) is 23.1 Å². The average Bonchev–Trinajstić information content (AvgIpc) is 2.46. The van der Waals surface area contributed by atoms with Crippen molar-refractivity contribution in [2.75, 3.05) is 17.2 Å². The fourth-order valence-corrected chi connectivity index (χ4v) is 2.18. The fourth-order valence-electron chi connectivity index (χ4n) is 2.18. The van der Waals surface area contributed by atoms with Crippen molar-refractivity contribution in [1.29, 1.82) is 0 Å². The van der Waals surface area contributed by atoms with Gasteiger partial charge in [0.05, 0.1) is 0 Å². The summed E-state index contributed by atoms with van der Waals surface area (Å²) in [5.74, 6) is 0.0322. The summed E-state index contributed by atoms with van der Waals surface area (Å²) in [4.78, 5) is 12.0. The van der Waals surface area contributed by atoms with Crippen LogP contribution in [0.15, 0.2) is 42.5 Å². The molecule has 0 heterocycles. The number of hydrogen-bond donors (Lipinski definition) is 2. The van der Waals surface area contributed by atoms with Gasteiger partial charge < -0.3 is 10.6 Å². The summed E-state index contributed by atoms with van der Waals surface area (Å²) in [6, 6.07) is 14.0. The smallest absolute Gasteiger partial charge is 0.226 e. The monoisotopic (exact) mass is 282 g/mol. The molecule has 2 rings (SSSR count). The lowest BCUT2D eigenvalue weighted by Gasteiger charge is -2.12. The van der Waals surface area contributed by atoms with Crippen LogP contribution in [-0.4, -0.2) is 12.5 Å². The van der Waals surface area contributed by atoms with Crippen molar-refractivity contribution in [1.82, 2.24) is 0 Å². The number of nitrogens with one attached hydrogen (secondary N) is 2. The zero-order valence-corrected chi connectivity index (χ0v) is 12.9. The molecule has 21 heavy (non-hydrogen) atoms. The number of carbonyl (C=O) groups is 1. The zero-order valence-electron chi connectivity index (χ0n) is 12.9. The Morgan fingerprint density at radius 1 is 0.905 bits per heavy atom. The van der Waals surface area contributed by atoms with Gasteiger partial charge in [-0.3, -0.25) is 4.79 Å². The second-order valence-electron chi connectivity index (χ2n) is 5.29. The molecule has 0 saturated carbocycles. The molecule has 0 saturated heterocycles. The van der Waals surface area contributed by atoms with Crippen LogP contribution in [0.3, 0.4) is 0 Å². The van der Waals surface area contributed by atoms with Gasteiger partial charge in [-0.2, -0.15) is 0 Å². The molecular weight excluding hydrogens is 260 g/mol. The van der Waals surface area contributed by atoms with Gasteiger partial charge in [-0.1, -0.05) is 30.3 Å². The highest BCUT2D eigenvalue weighted by molar-refractivity contribution is 5.91. The van der Waals surface area contributed by atoms with Gasteiger partial charge in [-0.25, -0.2) is 0 Å². The number of amides is 1. The van der Waals surface area contributed by atoms with Gasteiger partial charge in [0.25, 0.3) is 0 Å². The summed E-state index contributed by atoms with van der Waals surface area (Å²) in [5, 5.41) is 6.27. The van der Waals surface area contributed by atoms with Gasteiger partial charge >= 0.3 is 0 Å². The number of para-hydroxylation sites is 1. The number of hydrogen-bond acceptors (Lipinski definition) is 2. The van der Waals surface area contributed by atoms with E-state index in [-0.39, 0.29) is 5.91 Å². The third kappa shape index (κ3) is 4.09. The Morgan fingerprint density at radius 3 is 2.33 bits per heavy atom. The predicted molar refractivity (Wildman–Crippen MR) is 88.8 cm³/mol. The van der Waals surface area contributed by atoms with E-state index in [0.717, 1.165) is 16.9 Å². The van der Waals surface area contributed by atoms with Gasteiger partial charge in [-0.05, 0) is 49.6 Å². The minimum Gasteiger partial charge on any atom is -0.384 e. The Bertz CT molecular complexity index is 635. The quantitative estimate of drug-likeness (QED) is 0.868. The summed E-state index contributed by atoms with van der Waals surface area (Å²) >= 11 is 0. The van der Waals surface area contributed by atoms with Crippen LogP contribution in [0.5, 0.6) is 0 Å². The normalized spacial score (nSPS) is 10.2. The Balaban J connectivity index is 1.85. The van der Waals surface area contributed by atoms with Crippen LogP contribution in [0, 0.1) is 20.8 Å². The molecule has 0 unspecified atom stereocenters. The molecule has 2 aromatic carbocycles. The lowest BCUT2D eigenvalue weighted by molar-refractivity contribution is -0.115. The van der Waals surface area contributed by atoms with E-state index in [1.165, 1.54) is 11.1 Å². The lowest BCUT2D eigenvalue weighted by Crippen LogP contribution is -2.17. The summed E-state index contributed by atoms with van der Waals surface area (Å²) in [6.45, 7) is 6.75. The lowest BCUT2D eigenvalue weighted by atomic mass is 10.1. The molecule has 0 atom stereocenters. The molecule has 3 heteroatoms. The first-order valence-electron chi connectivity index (χ1n) is 7.23. The number of aryl methyl sites for hydroxylation is 2. The molecule has 110 valence electrons. The molecular formula is C18H22N2O. The third-order valence-corrected chi connectivity index (χ3v) is 3.69. The molecule has 0 aliphatic rings. The van der Waals surface area contributed by atoms with E-state index in [2.05, 4.69) is 23.6 Å². The number of carbonyl (C=O) groups excluding carboxylic acids is 1. The topological polar surface area (TPSA) is 41.1 Å². The van der Waals surface area contributed by atoms with Crippen molar-refractivity contribution in [3.63, 3.8) is 0 Å². The molecule has 0 aliphatic carbocycles. The zero-order chi connectivity index (χ0) is 15.2. The maximum absolute atomic E-state index is 12.0. The van der Waals surface area contributed by atoms with Crippen LogP contribution in [-0.2, 0) is 4.79 Å². The average molecular weight is 282 g/mol. The highest BCUT2D eigenvalue weighted by Crippen LogP contribution is 2.18. The second kappa shape index (κ2) is 6.93. The van der Waals surface area contributed by atoms with Crippen molar-refractivity contribution in [3.05, 3.63) is 59.2 Å². The summed E-state index contributed by atoms with van der Waals surface area (Å²) < 4.78 is 0. The van der Waals surface area contributed by atoms with Crippen LogP contribution in [0.25, 0.3) is 0 Å². The van der Waals surface area contributed by atoms with E-state index in [4.69, 9.17) is 0 Å². The molecule has 2 aromatic rings. The SMILES string of the molecule is Cc1ccccc1NCCC(=O)Nc1cccc(C)c1C. The summed E-state index contributed by atoms with van der Waals surface area (Å²) in [6.07, 6.45) is 0.446. The molecule has 0 radical (unpaired) electrons. The van der Waals surface area contributed by atoms with Crippen molar-refractivity contribution in [3.8, 4) is 0 Å². The fraction of sp³-hybridized carbons (Fsp3) is 0.278. The molecule has 0 aliphatic heterocycles. The van der Waals surface area contributed by atoms with Gasteiger partial charge in [0.15, 0.2) is 0 Å². The van der Waals surface area contributed by atoms with Gasteiger partial charge in [0.1, 0.15) is 0 Å². The summed E-state index contributed by atoms with van der Waals surface area (Å²) in [7, 11) is 0. The Labute approximate surface area is 126 Å². The van der Waals surface area contributed by atoms with E-state index in [1.807, 2.05) is 50.2 Å². The molecule has 2 N–H and O–H groups in total.